The zero-order chi connectivity index (χ0) is 19.3. The quantitative estimate of drug-likeness (QED) is 0.359. The van der Waals surface area contributed by atoms with E-state index in [0.717, 1.165) is 31.7 Å². The Labute approximate surface area is 165 Å². The molecule has 1 aliphatic rings. The first-order chi connectivity index (χ1) is 13.2. The highest BCUT2D eigenvalue weighted by Gasteiger charge is 2.17. The highest BCUT2D eigenvalue weighted by Crippen LogP contribution is 2.17. The van der Waals surface area contributed by atoms with Crippen LogP contribution in [0, 0.1) is 0 Å². The van der Waals surface area contributed by atoms with Gasteiger partial charge in [-0.15, -0.1) is 0 Å². The van der Waals surface area contributed by atoms with Crippen LogP contribution in [0.15, 0.2) is 24.3 Å². The van der Waals surface area contributed by atoms with E-state index in [-0.39, 0.29) is 5.97 Å². The average Bonchev–Trinajstić information content (AvgIpc) is 2.69. The molecule has 0 saturated carbocycles. The fourth-order valence-corrected chi connectivity index (χ4v) is 3.59. The molecule has 1 aliphatic heterocycles. The molecule has 0 N–H and O–H groups in total. The molecule has 0 amide bonds. The van der Waals surface area contributed by atoms with Crippen molar-refractivity contribution in [1.29, 1.82) is 0 Å². The molecule has 152 valence electrons. The molecular weight excluding hydrogens is 338 g/mol. The van der Waals surface area contributed by atoms with E-state index in [1.165, 1.54) is 51.5 Å². The number of hydrogen-bond donors (Lipinski definition) is 0. The van der Waals surface area contributed by atoms with E-state index in [2.05, 4.69) is 18.7 Å². The second-order valence-electron chi connectivity index (χ2n) is 7.66. The first-order valence-electron chi connectivity index (χ1n) is 10.8. The zero-order valence-corrected chi connectivity index (χ0v) is 17.3. The molecule has 0 aliphatic carbocycles. The van der Waals surface area contributed by atoms with Gasteiger partial charge in [0.2, 0.25) is 0 Å². The fourth-order valence-electron chi connectivity index (χ4n) is 3.59. The van der Waals surface area contributed by atoms with Gasteiger partial charge in [0, 0.05) is 12.6 Å². The lowest BCUT2D eigenvalue weighted by atomic mass is 10.0. The first-order valence-corrected chi connectivity index (χ1v) is 10.8. The molecule has 27 heavy (non-hydrogen) atoms. The third kappa shape index (κ3) is 8.34. The number of unbranched alkanes of at least 4 members (excludes halogenated alkanes) is 4. The van der Waals surface area contributed by atoms with Crippen molar-refractivity contribution in [2.45, 2.75) is 77.7 Å². The standard InChI is InChI=1S/C23H37NO3/c1-3-4-5-6-9-18-26-22-14-12-21(13-15-22)23(25)27-19-10-17-24-16-8-7-11-20(24)2/h12-15,20H,3-11,16-19H2,1-2H3. The van der Waals surface area contributed by atoms with Gasteiger partial charge in [-0.05, 0) is 63.4 Å². The van der Waals surface area contributed by atoms with Crippen molar-refractivity contribution in [1.82, 2.24) is 4.90 Å². The summed E-state index contributed by atoms with van der Waals surface area (Å²) in [5, 5.41) is 0. The van der Waals surface area contributed by atoms with Gasteiger partial charge in [-0.2, -0.15) is 0 Å². The first kappa shape index (κ1) is 21.7. The van der Waals surface area contributed by atoms with Crippen molar-refractivity contribution >= 4 is 5.97 Å². The van der Waals surface area contributed by atoms with Crippen molar-refractivity contribution in [2.75, 3.05) is 26.3 Å². The number of benzene rings is 1. The molecule has 2 rings (SSSR count). The van der Waals surface area contributed by atoms with E-state index >= 15 is 0 Å². The highest BCUT2D eigenvalue weighted by atomic mass is 16.5. The van der Waals surface area contributed by atoms with Gasteiger partial charge in [0.05, 0.1) is 18.8 Å². The second-order valence-corrected chi connectivity index (χ2v) is 7.66. The van der Waals surface area contributed by atoms with Gasteiger partial charge in [-0.25, -0.2) is 4.79 Å². The fraction of sp³-hybridized carbons (Fsp3) is 0.696. The molecule has 1 aromatic carbocycles. The molecule has 0 bridgehead atoms. The minimum absolute atomic E-state index is 0.243. The van der Waals surface area contributed by atoms with Crippen LogP contribution >= 0.6 is 0 Å². The summed E-state index contributed by atoms with van der Waals surface area (Å²) in [5.41, 5.74) is 0.594. The van der Waals surface area contributed by atoms with Gasteiger partial charge in [0.25, 0.3) is 0 Å². The third-order valence-corrected chi connectivity index (χ3v) is 5.37. The molecular formula is C23H37NO3. The number of nitrogens with zero attached hydrogens (tertiary/aromatic N) is 1. The predicted molar refractivity (Wildman–Crippen MR) is 110 cm³/mol. The topological polar surface area (TPSA) is 38.8 Å². The van der Waals surface area contributed by atoms with Crippen LogP contribution in [0.2, 0.25) is 0 Å². The van der Waals surface area contributed by atoms with Crippen molar-refractivity contribution in [2.24, 2.45) is 0 Å². The Kier molecular flexibility index (Phi) is 10.3. The maximum atomic E-state index is 12.2. The lowest BCUT2D eigenvalue weighted by Gasteiger charge is -2.33. The molecule has 1 atom stereocenters. The lowest BCUT2D eigenvalue weighted by Crippen LogP contribution is -2.38. The van der Waals surface area contributed by atoms with Crippen LogP contribution in [0.4, 0.5) is 0 Å². The van der Waals surface area contributed by atoms with Crippen LogP contribution < -0.4 is 4.74 Å². The molecule has 0 aromatic heterocycles. The number of carbonyl (C=O) groups excluding carboxylic acids is 1. The van der Waals surface area contributed by atoms with Crippen LogP contribution in [0.5, 0.6) is 5.75 Å². The Balaban J connectivity index is 1.60. The Morgan fingerprint density at radius 2 is 1.81 bits per heavy atom. The maximum Gasteiger partial charge on any atom is 0.338 e. The van der Waals surface area contributed by atoms with E-state index < -0.39 is 0 Å². The summed E-state index contributed by atoms with van der Waals surface area (Å²) in [7, 11) is 0. The van der Waals surface area contributed by atoms with Crippen LogP contribution in [0.1, 0.15) is 82.0 Å². The number of hydrogen-bond acceptors (Lipinski definition) is 4. The maximum absolute atomic E-state index is 12.2. The number of rotatable bonds is 12. The molecule has 1 saturated heterocycles. The Bertz CT molecular complexity index is 529. The number of likely N-dealkylation sites (tertiary alicyclic amines) is 1. The Morgan fingerprint density at radius 1 is 1.04 bits per heavy atom. The normalized spacial score (nSPS) is 17.6. The summed E-state index contributed by atoms with van der Waals surface area (Å²) >= 11 is 0. The molecule has 1 heterocycles. The smallest absolute Gasteiger partial charge is 0.338 e. The minimum atomic E-state index is -0.243. The zero-order valence-electron chi connectivity index (χ0n) is 17.3. The summed E-state index contributed by atoms with van der Waals surface area (Å²) in [6.07, 6.45) is 10.9. The second kappa shape index (κ2) is 12.8. The van der Waals surface area contributed by atoms with Crippen LogP contribution in [0.3, 0.4) is 0 Å². The highest BCUT2D eigenvalue weighted by molar-refractivity contribution is 5.89. The van der Waals surface area contributed by atoms with Crippen LogP contribution in [0.25, 0.3) is 0 Å². The predicted octanol–water partition coefficient (Wildman–Crippen LogP) is 5.46. The van der Waals surface area contributed by atoms with Gasteiger partial charge in [0.1, 0.15) is 5.75 Å². The number of esters is 1. The molecule has 1 fully saturated rings. The third-order valence-electron chi connectivity index (χ3n) is 5.37. The SMILES string of the molecule is CCCCCCCOc1ccc(C(=O)OCCCN2CCCCC2C)cc1. The van der Waals surface area contributed by atoms with Crippen LogP contribution in [-0.4, -0.2) is 43.2 Å². The Morgan fingerprint density at radius 3 is 2.56 bits per heavy atom. The lowest BCUT2D eigenvalue weighted by molar-refractivity contribution is 0.0475. The number of carbonyl (C=O) groups is 1. The largest absolute Gasteiger partial charge is 0.494 e. The van der Waals surface area contributed by atoms with Crippen molar-refractivity contribution < 1.29 is 14.3 Å². The summed E-state index contributed by atoms with van der Waals surface area (Å²) in [4.78, 5) is 14.7. The van der Waals surface area contributed by atoms with E-state index in [4.69, 9.17) is 9.47 Å². The van der Waals surface area contributed by atoms with Crippen molar-refractivity contribution in [3.8, 4) is 5.75 Å². The van der Waals surface area contributed by atoms with E-state index in [9.17, 15) is 4.79 Å². The number of piperidine rings is 1. The van der Waals surface area contributed by atoms with Gasteiger partial charge in [0.15, 0.2) is 0 Å². The average molecular weight is 376 g/mol. The summed E-state index contributed by atoms with van der Waals surface area (Å²) in [6, 6.07) is 7.97. The summed E-state index contributed by atoms with van der Waals surface area (Å²) in [6.45, 7) is 7.92. The summed E-state index contributed by atoms with van der Waals surface area (Å²) in [5.74, 6) is 0.578. The van der Waals surface area contributed by atoms with Crippen molar-refractivity contribution in [3.63, 3.8) is 0 Å². The Hall–Kier alpha value is -1.55. The van der Waals surface area contributed by atoms with E-state index in [0.29, 0.717) is 18.2 Å². The van der Waals surface area contributed by atoms with Gasteiger partial charge >= 0.3 is 5.97 Å². The summed E-state index contributed by atoms with van der Waals surface area (Å²) < 4.78 is 11.2. The molecule has 0 radical (unpaired) electrons. The molecule has 1 aromatic rings. The molecule has 4 nitrogen and oxygen atoms in total. The van der Waals surface area contributed by atoms with E-state index in [1.807, 2.05) is 12.1 Å². The van der Waals surface area contributed by atoms with E-state index in [1.54, 1.807) is 12.1 Å². The minimum Gasteiger partial charge on any atom is -0.494 e. The molecule has 4 heteroatoms. The molecule has 1 unspecified atom stereocenters. The van der Waals surface area contributed by atoms with Gasteiger partial charge in [-0.1, -0.05) is 39.0 Å². The molecule has 0 spiro atoms. The van der Waals surface area contributed by atoms with Gasteiger partial charge in [-0.3, -0.25) is 0 Å². The van der Waals surface area contributed by atoms with Gasteiger partial charge < -0.3 is 14.4 Å². The van der Waals surface area contributed by atoms with Crippen molar-refractivity contribution in [3.05, 3.63) is 29.8 Å². The monoisotopic (exact) mass is 375 g/mol. The van der Waals surface area contributed by atoms with Crippen LogP contribution in [-0.2, 0) is 4.74 Å². The number of ether oxygens (including phenoxy) is 2.